The Kier molecular flexibility index (Phi) is 2.30. The van der Waals surface area contributed by atoms with Gasteiger partial charge in [-0.15, -0.1) is 0 Å². The summed E-state index contributed by atoms with van der Waals surface area (Å²) in [6, 6.07) is 6.78. The predicted molar refractivity (Wildman–Crippen MR) is 64.6 cm³/mol. The summed E-state index contributed by atoms with van der Waals surface area (Å²) in [5.74, 6) is -0.0247. The number of fused-ring (bicyclic) bond motifs is 1. The Labute approximate surface area is 103 Å². The van der Waals surface area contributed by atoms with Crippen molar-refractivity contribution in [1.29, 1.82) is 0 Å². The summed E-state index contributed by atoms with van der Waals surface area (Å²) in [5, 5.41) is 0. The van der Waals surface area contributed by atoms with Crippen LogP contribution < -0.4 is 0 Å². The van der Waals surface area contributed by atoms with Gasteiger partial charge < -0.3 is 4.98 Å². The van der Waals surface area contributed by atoms with Gasteiger partial charge in [0.1, 0.15) is 5.82 Å². The number of carbonyl (C=O) groups is 2. The first kappa shape index (κ1) is 10.5. The molecule has 0 unspecified atom stereocenters. The van der Waals surface area contributed by atoms with Crippen molar-refractivity contribution in [2.24, 2.45) is 0 Å². The van der Waals surface area contributed by atoms with E-state index in [1.165, 1.54) is 6.20 Å². The maximum Gasteiger partial charge on any atom is 0.265 e. The topological polar surface area (TPSA) is 66.1 Å². The summed E-state index contributed by atoms with van der Waals surface area (Å²) in [6.07, 6.45) is 6.29. The van der Waals surface area contributed by atoms with Gasteiger partial charge in [0.2, 0.25) is 0 Å². The molecule has 0 saturated carbocycles. The van der Waals surface area contributed by atoms with Crippen LogP contribution in [0.5, 0.6) is 0 Å². The van der Waals surface area contributed by atoms with Crippen LogP contribution in [0.2, 0.25) is 0 Å². The Balaban J connectivity index is 1.93. The minimum Gasteiger partial charge on any atom is -0.345 e. The highest BCUT2D eigenvalue weighted by molar-refractivity contribution is 6.22. The van der Waals surface area contributed by atoms with Crippen LogP contribution >= 0.6 is 0 Å². The maximum atomic E-state index is 12.0. The average Bonchev–Trinajstić information content (AvgIpc) is 2.98. The van der Waals surface area contributed by atoms with E-state index in [4.69, 9.17) is 0 Å². The van der Waals surface area contributed by atoms with Gasteiger partial charge in [0.25, 0.3) is 11.8 Å². The zero-order valence-electron chi connectivity index (χ0n) is 9.33. The number of nitrogens with one attached hydrogen (secondary N) is 1. The van der Waals surface area contributed by atoms with Crippen molar-refractivity contribution >= 4 is 17.9 Å². The fraction of sp³-hybridized carbons (Fsp3) is 0. The fourth-order valence-electron chi connectivity index (χ4n) is 1.86. The van der Waals surface area contributed by atoms with Crippen LogP contribution in [0.25, 0.3) is 6.08 Å². The van der Waals surface area contributed by atoms with Crippen molar-refractivity contribution in [3.05, 3.63) is 59.8 Å². The second-order valence-electron chi connectivity index (χ2n) is 3.82. The molecule has 1 aliphatic rings. The number of hydrogen-bond donors (Lipinski definition) is 1. The molecule has 0 aliphatic carbocycles. The minimum atomic E-state index is -0.307. The van der Waals surface area contributed by atoms with Crippen LogP contribution in [0.4, 0.5) is 0 Å². The monoisotopic (exact) mass is 239 g/mol. The van der Waals surface area contributed by atoms with E-state index in [1.54, 1.807) is 42.7 Å². The molecule has 1 aromatic heterocycles. The molecule has 2 aromatic rings. The smallest absolute Gasteiger partial charge is 0.265 e. The van der Waals surface area contributed by atoms with Gasteiger partial charge in [-0.3, -0.25) is 9.59 Å². The molecule has 0 fully saturated rings. The lowest BCUT2D eigenvalue weighted by Crippen LogP contribution is -2.23. The van der Waals surface area contributed by atoms with Crippen molar-refractivity contribution in [3.8, 4) is 0 Å². The summed E-state index contributed by atoms with van der Waals surface area (Å²) in [6.45, 7) is 0. The summed E-state index contributed by atoms with van der Waals surface area (Å²) in [7, 11) is 0. The molecule has 0 atom stereocenters. The van der Waals surface area contributed by atoms with Gasteiger partial charge in [0, 0.05) is 18.6 Å². The highest BCUT2D eigenvalue weighted by Gasteiger charge is 2.33. The van der Waals surface area contributed by atoms with Gasteiger partial charge in [-0.2, -0.15) is 0 Å². The van der Waals surface area contributed by atoms with E-state index in [9.17, 15) is 9.59 Å². The molecule has 0 spiro atoms. The lowest BCUT2D eigenvalue weighted by molar-refractivity contribution is 0.0722. The molecule has 1 N–H and O–H groups in total. The summed E-state index contributed by atoms with van der Waals surface area (Å²) < 4.78 is 0. The predicted octanol–water partition coefficient (Wildman–Crippen LogP) is 1.68. The zero-order valence-corrected chi connectivity index (χ0v) is 9.33. The largest absolute Gasteiger partial charge is 0.345 e. The zero-order chi connectivity index (χ0) is 12.5. The molecule has 2 amide bonds. The Bertz CT molecular complexity index is 609. The van der Waals surface area contributed by atoms with Crippen molar-refractivity contribution in [2.75, 3.05) is 0 Å². The lowest BCUT2D eigenvalue weighted by Gasteiger charge is -2.05. The summed E-state index contributed by atoms with van der Waals surface area (Å²) in [5.41, 5.74) is 0.873. The molecule has 0 radical (unpaired) electrons. The first-order valence-electron chi connectivity index (χ1n) is 5.42. The quantitative estimate of drug-likeness (QED) is 0.811. The minimum absolute atomic E-state index is 0.307. The number of imidazole rings is 1. The highest BCUT2D eigenvalue weighted by atomic mass is 16.2. The van der Waals surface area contributed by atoms with Gasteiger partial charge in [-0.25, -0.2) is 9.88 Å². The molecule has 88 valence electrons. The first-order valence-corrected chi connectivity index (χ1v) is 5.42. The van der Waals surface area contributed by atoms with Gasteiger partial charge in [0.05, 0.1) is 11.1 Å². The first-order chi connectivity index (χ1) is 8.77. The number of carbonyl (C=O) groups excluding carboxylic acids is 2. The molecule has 2 heterocycles. The Morgan fingerprint density at radius 2 is 1.78 bits per heavy atom. The number of H-pyrrole nitrogens is 1. The average molecular weight is 239 g/mol. The Morgan fingerprint density at radius 3 is 2.33 bits per heavy atom. The second kappa shape index (κ2) is 3.96. The van der Waals surface area contributed by atoms with E-state index in [-0.39, 0.29) is 11.8 Å². The SMILES string of the molecule is O=C1c2ccccc2C(=O)N1/C=C/c1ncc[nH]1. The number of nitrogens with zero attached hydrogens (tertiary/aromatic N) is 2. The molecule has 3 rings (SSSR count). The molecule has 1 aromatic carbocycles. The van der Waals surface area contributed by atoms with Crippen LogP contribution in [0, 0.1) is 0 Å². The third-order valence-electron chi connectivity index (χ3n) is 2.73. The van der Waals surface area contributed by atoms with Gasteiger partial charge in [-0.1, -0.05) is 12.1 Å². The molecular weight excluding hydrogens is 230 g/mol. The second-order valence-corrected chi connectivity index (χ2v) is 3.82. The van der Waals surface area contributed by atoms with Crippen molar-refractivity contribution < 1.29 is 9.59 Å². The molecule has 18 heavy (non-hydrogen) atoms. The van der Waals surface area contributed by atoms with Crippen LogP contribution in [-0.2, 0) is 0 Å². The van der Waals surface area contributed by atoms with E-state index in [2.05, 4.69) is 9.97 Å². The standard InChI is InChI=1S/C13H9N3O2/c17-12-9-3-1-2-4-10(9)13(18)16(12)8-5-11-14-6-7-15-11/h1-8H,(H,14,15)/b8-5+. The van der Waals surface area contributed by atoms with E-state index in [1.807, 2.05) is 0 Å². The molecular formula is C13H9N3O2. The molecule has 5 heteroatoms. The van der Waals surface area contributed by atoms with E-state index in [0.29, 0.717) is 17.0 Å². The van der Waals surface area contributed by atoms with Crippen LogP contribution in [0.1, 0.15) is 26.5 Å². The fourth-order valence-corrected chi connectivity index (χ4v) is 1.86. The molecule has 0 saturated heterocycles. The molecule has 5 nitrogen and oxygen atoms in total. The van der Waals surface area contributed by atoms with Gasteiger partial charge in [0.15, 0.2) is 0 Å². The number of benzene rings is 1. The van der Waals surface area contributed by atoms with Crippen LogP contribution in [-0.4, -0.2) is 26.7 Å². The van der Waals surface area contributed by atoms with Crippen LogP contribution in [0.15, 0.2) is 42.9 Å². The van der Waals surface area contributed by atoms with Crippen LogP contribution in [0.3, 0.4) is 0 Å². The van der Waals surface area contributed by atoms with Gasteiger partial charge in [-0.05, 0) is 18.2 Å². The Morgan fingerprint density at radius 1 is 1.11 bits per heavy atom. The number of hydrogen-bond acceptors (Lipinski definition) is 3. The highest BCUT2D eigenvalue weighted by Crippen LogP contribution is 2.22. The third kappa shape index (κ3) is 1.53. The van der Waals surface area contributed by atoms with E-state index < -0.39 is 0 Å². The number of aromatic amines is 1. The molecule has 1 aliphatic heterocycles. The number of amides is 2. The lowest BCUT2D eigenvalue weighted by atomic mass is 10.1. The normalized spacial score (nSPS) is 14.6. The van der Waals surface area contributed by atoms with Crippen molar-refractivity contribution in [2.45, 2.75) is 0 Å². The van der Waals surface area contributed by atoms with E-state index in [0.717, 1.165) is 4.90 Å². The Hall–Kier alpha value is -2.69. The molecule has 0 bridgehead atoms. The number of imide groups is 1. The number of aromatic nitrogens is 2. The number of rotatable bonds is 2. The van der Waals surface area contributed by atoms with Gasteiger partial charge >= 0.3 is 0 Å². The van der Waals surface area contributed by atoms with Crippen molar-refractivity contribution in [3.63, 3.8) is 0 Å². The van der Waals surface area contributed by atoms with E-state index >= 15 is 0 Å². The summed E-state index contributed by atoms with van der Waals surface area (Å²) in [4.78, 5) is 31.9. The summed E-state index contributed by atoms with van der Waals surface area (Å²) >= 11 is 0. The van der Waals surface area contributed by atoms with Crippen molar-refractivity contribution in [1.82, 2.24) is 14.9 Å². The third-order valence-corrected chi connectivity index (χ3v) is 2.73. The maximum absolute atomic E-state index is 12.0.